The van der Waals surface area contributed by atoms with Gasteiger partial charge in [-0.1, -0.05) is 13.8 Å². The normalized spacial score (nSPS) is 11.1. The van der Waals surface area contributed by atoms with Gasteiger partial charge in [0.1, 0.15) is 17.4 Å². The zero-order chi connectivity index (χ0) is 15.0. The first kappa shape index (κ1) is 13.2. The number of aromatic carboxylic acids is 1. The summed E-state index contributed by atoms with van der Waals surface area (Å²) in [5, 5.41) is 13.9. The number of nitrogens with one attached hydrogen (secondary N) is 1. The van der Waals surface area contributed by atoms with Gasteiger partial charge in [0, 0.05) is 0 Å². The first-order valence-electron chi connectivity index (χ1n) is 6.65. The van der Waals surface area contributed by atoms with Crippen molar-refractivity contribution >= 4 is 17.1 Å². The number of carboxylic acid groups (broad SMARTS) is 1. The Morgan fingerprint density at radius 3 is 2.76 bits per heavy atom. The Balaban J connectivity index is 2.32. The smallest absolute Gasteiger partial charge is 0.339 e. The molecule has 0 bridgehead atoms. The van der Waals surface area contributed by atoms with Crippen molar-refractivity contribution in [3.8, 4) is 5.82 Å². The molecule has 3 rings (SSSR count). The maximum absolute atomic E-state index is 11.5. The molecular weight excluding hydrogens is 272 g/mol. The Morgan fingerprint density at radius 2 is 2.10 bits per heavy atom. The molecular formula is C13H14N6O2. The van der Waals surface area contributed by atoms with E-state index in [4.69, 9.17) is 0 Å². The van der Waals surface area contributed by atoms with Crippen LogP contribution < -0.4 is 0 Å². The molecule has 0 spiro atoms. The summed E-state index contributed by atoms with van der Waals surface area (Å²) in [6.07, 6.45) is 4.00. The van der Waals surface area contributed by atoms with Crippen LogP contribution in [0.2, 0.25) is 0 Å². The van der Waals surface area contributed by atoms with Gasteiger partial charge in [0.25, 0.3) is 0 Å². The number of hydrogen-bond acceptors (Lipinski definition) is 5. The van der Waals surface area contributed by atoms with E-state index in [1.807, 2.05) is 13.8 Å². The van der Waals surface area contributed by atoms with Crippen molar-refractivity contribution < 1.29 is 9.90 Å². The number of aromatic nitrogens is 6. The van der Waals surface area contributed by atoms with Crippen LogP contribution in [0.15, 0.2) is 12.7 Å². The topological polar surface area (TPSA) is 110 Å². The number of hydrogen-bond donors (Lipinski definition) is 2. The lowest BCUT2D eigenvalue weighted by Gasteiger charge is -2.05. The van der Waals surface area contributed by atoms with E-state index in [-0.39, 0.29) is 5.56 Å². The maximum atomic E-state index is 11.5. The summed E-state index contributed by atoms with van der Waals surface area (Å²) in [4.78, 5) is 26.9. The molecule has 0 saturated heterocycles. The number of aromatic amines is 1. The molecule has 0 amide bonds. The summed E-state index contributed by atoms with van der Waals surface area (Å²) in [6, 6.07) is 0. The van der Waals surface area contributed by atoms with Gasteiger partial charge in [0.15, 0.2) is 11.5 Å². The van der Waals surface area contributed by atoms with Crippen molar-refractivity contribution in [3.63, 3.8) is 0 Å². The summed E-state index contributed by atoms with van der Waals surface area (Å²) in [5.41, 5.74) is 2.58. The quantitative estimate of drug-likeness (QED) is 0.749. The first-order chi connectivity index (χ1) is 10.2. The Labute approximate surface area is 119 Å². The lowest BCUT2D eigenvalue weighted by Crippen LogP contribution is -2.08. The summed E-state index contributed by atoms with van der Waals surface area (Å²) in [6.45, 7) is 3.77. The van der Waals surface area contributed by atoms with E-state index < -0.39 is 5.97 Å². The van der Waals surface area contributed by atoms with Crippen molar-refractivity contribution in [1.82, 2.24) is 29.7 Å². The third-order valence-electron chi connectivity index (χ3n) is 3.34. The molecule has 0 radical (unpaired) electrons. The third kappa shape index (κ3) is 1.95. The van der Waals surface area contributed by atoms with Crippen molar-refractivity contribution in [3.05, 3.63) is 29.6 Å². The third-order valence-corrected chi connectivity index (χ3v) is 3.34. The number of carbonyl (C=O) groups is 1. The minimum atomic E-state index is -0.968. The average molecular weight is 286 g/mol. The van der Waals surface area contributed by atoms with E-state index in [0.717, 1.165) is 0 Å². The average Bonchev–Trinajstić information content (AvgIpc) is 3.10. The van der Waals surface area contributed by atoms with Crippen LogP contribution in [-0.4, -0.2) is 40.8 Å². The van der Waals surface area contributed by atoms with E-state index >= 15 is 0 Å². The monoisotopic (exact) mass is 286 g/mol. The van der Waals surface area contributed by atoms with Crippen molar-refractivity contribution in [2.75, 3.05) is 0 Å². The van der Waals surface area contributed by atoms with Crippen molar-refractivity contribution in [1.29, 1.82) is 0 Å². The van der Waals surface area contributed by atoms with E-state index in [1.165, 1.54) is 12.7 Å². The zero-order valence-corrected chi connectivity index (χ0v) is 11.7. The second-order valence-electron chi connectivity index (χ2n) is 4.49. The minimum Gasteiger partial charge on any atom is -0.478 e. The van der Waals surface area contributed by atoms with Gasteiger partial charge in [0.2, 0.25) is 0 Å². The predicted octanol–water partition coefficient (Wildman–Crippen LogP) is 1.36. The van der Waals surface area contributed by atoms with Crippen LogP contribution in [0.1, 0.15) is 35.6 Å². The molecule has 3 aromatic heterocycles. The predicted molar refractivity (Wildman–Crippen MR) is 74.5 cm³/mol. The zero-order valence-electron chi connectivity index (χ0n) is 11.7. The van der Waals surface area contributed by atoms with E-state index in [1.54, 1.807) is 4.68 Å². The van der Waals surface area contributed by atoms with Gasteiger partial charge in [-0.05, 0) is 12.8 Å². The maximum Gasteiger partial charge on any atom is 0.339 e. The molecule has 0 saturated carbocycles. The fourth-order valence-electron chi connectivity index (χ4n) is 2.41. The molecule has 0 aliphatic heterocycles. The largest absolute Gasteiger partial charge is 0.478 e. The van der Waals surface area contributed by atoms with Gasteiger partial charge in [-0.2, -0.15) is 5.10 Å². The summed E-state index contributed by atoms with van der Waals surface area (Å²) < 4.78 is 1.57. The molecule has 2 N–H and O–H groups in total. The van der Waals surface area contributed by atoms with Gasteiger partial charge in [-0.3, -0.25) is 0 Å². The second kappa shape index (κ2) is 4.97. The number of fused-ring (bicyclic) bond motifs is 1. The molecule has 21 heavy (non-hydrogen) atoms. The summed E-state index contributed by atoms with van der Waals surface area (Å²) in [7, 11) is 0. The minimum absolute atomic E-state index is 0.256. The summed E-state index contributed by atoms with van der Waals surface area (Å²) >= 11 is 0. The van der Waals surface area contributed by atoms with E-state index in [9.17, 15) is 9.90 Å². The fourth-order valence-corrected chi connectivity index (χ4v) is 2.41. The van der Waals surface area contributed by atoms with Crippen LogP contribution in [-0.2, 0) is 12.8 Å². The molecule has 0 aromatic carbocycles. The molecule has 3 heterocycles. The van der Waals surface area contributed by atoms with Crippen molar-refractivity contribution in [2.45, 2.75) is 26.7 Å². The van der Waals surface area contributed by atoms with E-state index in [2.05, 4.69) is 25.0 Å². The van der Waals surface area contributed by atoms with Crippen molar-refractivity contribution in [2.24, 2.45) is 0 Å². The Hall–Kier alpha value is -2.77. The van der Waals surface area contributed by atoms with Crippen LogP contribution in [0.3, 0.4) is 0 Å². The Bertz CT molecular complexity index is 819. The number of H-pyrrole nitrogens is 1. The summed E-state index contributed by atoms with van der Waals surface area (Å²) in [5.74, 6) is -0.457. The number of carboxylic acids is 1. The van der Waals surface area contributed by atoms with Gasteiger partial charge < -0.3 is 10.1 Å². The lowest BCUT2D eigenvalue weighted by atomic mass is 10.1. The molecule has 0 aliphatic carbocycles. The highest BCUT2D eigenvalue weighted by molar-refractivity contribution is 5.91. The van der Waals surface area contributed by atoms with Crippen LogP contribution in [0.5, 0.6) is 0 Å². The molecule has 0 fully saturated rings. The van der Waals surface area contributed by atoms with Crippen LogP contribution in [0.25, 0.3) is 17.0 Å². The van der Waals surface area contributed by atoms with E-state index in [0.29, 0.717) is 41.2 Å². The number of rotatable bonds is 4. The van der Waals surface area contributed by atoms with Crippen LogP contribution in [0, 0.1) is 0 Å². The molecule has 8 nitrogen and oxygen atoms in total. The fraction of sp³-hybridized carbons (Fsp3) is 0.308. The molecule has 8 heteroatoms. The Morgan fingerprint density at radius 1 is 1.29 bits per heavy atom. The number of nitrogens with zero attached hydrogens (tertiary/aromatic N) is 5. The van der Waals surface area contributed by atoms with Gasteiger partial charge in [-0.25, -0.2) is 24.4 Å². The molecule has 108 valence electrons. The molecule has 0 unspecified atom stereocenters. The number of aryl methyl sites for hydroxylation is 1. The molecule has 0 aliphatic rings. The molecule has 0 atom stereocenters. The highest BCUT2D eigenvalue weighted by Crippen LogP contribution is 2.22. The Kier molecular flexibility index (Phi) is 3.13. The first-order valence-corrected chi connectivity index (χ1v) is 6.65. The molecule has 3 aromatic rings. The lowest BCUT2D eigenvalue weighted by molar-refractivity contribution is 0.0694. The highest BCUT2D eigenvalue weighted by atomic mass is 16.4. The van der Waals surface area contributed by atoms with Gasteiger partial charge in [-0.15, -0.1) is 0 Å². The van der Waals surface area contributed by atoms with Crippen LogP contribution in [0.4, 0.5) is 0 Å². The highest BCUT2D eigenvalue weighted by Gasteiger charge is 2.23. The second-order valence-corrected chi connectivity index (χ2v) is 4.49. The van der Waals surface area contributed by atoms with Gasteiger partial charge in [0.05, 0.1) is 17.7 Å². The SMILES string of the molecule is CCc1nn(-c2ncnc3nc[nH]c23)c(CC)c1C(=O)O. The number of imidazole rings is 1. The van der Waals surface area contributed by atoms with Crippen LogP contribution >= 0.6 is 0 Å². The standard InChI is InChI=1S/C13H14N6O2/c1-3-7-9(13(20)21)8(4-2)19(18-7)12-10-11(15-5-14-10)16-6-17-12/h5-6H,3-4H2,1-2H3,(H,20,21)(H,14,15,16,17). The van der Waals surface area contributed by atoms with Gasteiger partial charge >= 0.3 is 5.97 Å².